The summed E-state index contributed by atoms with van der Waals surface area (Å²) in [6.07, 6.45) is -4.63. The molecule has 0 radical (unpaired) electrons. The second kappa shape index (κ2) is 19.9. The van der Waals surface area contributed by atoms with Crippen LogP contribution in [0.5, 0.6) is 5.75 Å². The Balaban J connectivity index is 1.57. The standard InChI is InChI=1S/C35H49N3O16S/c1-35(2,3)34(48)52-18-21-11-12-22(53-33-29(44)27(42)28(43)30(54-33)32(46)47)17-20(21)9-6-7-15-36-31(45)23(19-55(49,50)51)37-24(39)10-5-4-8-16-38-25(40)13-14-26(38)41/h11-14,17,23,27-30,33,42-44H,4-10,15-16,18-19H2,1-3H3,(H,36,45)(H,37,39)(H,46,47)(H,49,50,51)/t23-,27-,28-,29+,30-,33+/m0/s1. The fourth-order valence-corrected chi connectivity index (χ4v) is 6.17. The van der Waals surface area contributed by atoms with Crippen LogP contribution in [0.1, 0.15) is 70.4 Å². The van der Waals surface area contributed by atoms with Crippen molar-refractivity contribution in [1.82, 2.24) is 15.5 Å². The molecule has 7 N–H and O–H groups in total. The minimum atomic E-state index is -4.67. The molecule has 1 aromatic carbocycles. The number of aliphatic hydroxyl groups excluding tert-OH is 3. The van der Waals surface area contributed by atoms with E-state index in [4.69, 9.17) is 14.2 Å². The summed E-state index contributed by atoms with van der Waals surface area (Å²) in [5.41, 5.74) is 0.382. The van der Waals surface area contributed by atoms with Crippen LogP contribution < -0.4 is 15.4 Å². The Morgan fingerprint density at radius 3 is 2.22 bits per heavy atom. The lowest BCUT2D eigenvalue weighted by Crippen LogP contribution is -2.61. The van der Waals surface area contributed by atoms with Gasteiger partial charge in [-0.1, -0.05) is 12.5 Å². The van der Waals surface area contributed by atoms with E-state index in [0.717, 1.165) is 4.90 Å². The molecule has 2 aliphatic heterocycles. The van der Waals surface area contributed by atoms with E-state index in [2.05, 4.69) is 10.6 Å². The molecule has 0 unspecified atom stereocenters. The average Bonchev–Trinajstić information content (AvgIpc) is 3.41. The maximum atomic E-state index is 12.9. The third kappa shape index (κ3) is 14.0. The predicted molar refractivity (Wildman–Crippen MR) is 189 cm³/mol. The number of benzene rings is 1. The molecule has 0 saturated carbocycles. The number of carboxylic acid groups (broad SMARTS) is 1. The number of ether oxygens (including phenoxy) is 3. The van der Waals surface area contributed by atoms with E-state index in [-0.39, 0.29) is 31.9 Å². The van der Waals surface area contributed by atoms with E-state index in [1.54, 1.807) is 26.8 Å². The van der Waals surface area contributed by atoms with Crippen molar-refractivity contribution in [2.45, 2.75) is 109 Å². The number of hydrogen-bond acceptors (Lipinski definition) is 14. The van der Waals surface area contributed by atoms with Crippen LogP contribution in [0.2, 0.25) is 0 Å². The van der Waals surface area contributed by atoms with Gasteiger partial charge in [-0.25, -0.2) is 4.79 Å². The zero-order valence-corrected chi connectivity index (χ0v) is 31.5. The van der Waals surface area contributed by atoms with Crippen LogP contribution >= 0.6 is 0 Å². The molecule has 3 rings (SSSR count). The zero-order valence-electron chi connectivity index (χ0n) is 30.7. The molecule has 55 heavy (non-hydrogen) atoms. The average molecular weight is 800 g/mol. The lowest BCUT2D eigenvalue weighted by atomic mass is 9.97. The van der Waals surface area contributed by atoms with Crippen molar-refractivity contribution in [2.75, 3.05) is 18.8 Å². The van der Waals surface area contributed by atoms with Gasteiger partial charge in [-0.15, -0.1) is 0 Å². The molecule has 19 nitrogen and oxygen atoms in total. The van der Waals surface area contributed by atoms with Gasteiger partial charge < -0.3 is 45.3 Å². The second-order valence-electron chi connectivity index (χ2n) is 14.2. The molecule has 1 fully saturated rings. The van der Waals surface area contributed by atoms with Crippen LogP contribution in [0.4, 0.5) is 0 Å². The Hall–Kier alpha value is -4.47. The molecule has 0 aromatic heterocycles. The van der Waals surface area contributed by atoms with E-state index >= 15 is 0 Å². The van der Waals surface area contributed by atoms with Gasteiger partial charge in [-0.2, -0.15) is 8.42 Å². The lowest BCUT2D eigenvalue weighted by molar-refractivity contribution is -0.271. The number of carbonyl (C=O) groups excluding carboxylic acids is 5. The molecule has 2 heterocycles. The van der Waals surface area contributed by atoms with E-state index in [1.165, 1.54) is 24.3 Å². The zero-order chi connectivity index (χ0) is 41.1. The number of nitrogens with zero attached hydrogens (tertiary/aromatic N) is 1. The van der Waals surface area contributed by atoms with Gasteiger partial charge in [-0.3, -0.25) is 33.4 Å². The Bertz CT molecular complexity index is 1690. The first-order valence-corrected chi connectivity index (χ1v) is 19.2. The van der Waals surface area contributed by atoms with Crippen molar-refractivity contribution >= 4 is 45.7 Å². The SMILES string of the molecule is CC(C)(C)C(=O)OCc1ccc(O[C@@H]2O[C@H](C(=O)O)[C@@H](O)[C@H](O)[C@H]2O)cc1CCCCNC(=O)[C@H](CS(=O)(=O)O)NC(=O)CCCCCN1C(=O)C=CC1=O. The Labute approximate surface area is 317 Å². The predicted octanol–water partition coefficient (Wildman–Crippen LogP) is -0.656. The maximum Gasteiger partial charge on any atom is 0.335 e. The quantitative estimate of drug-likeness (QED) is 0.0373. The molecule has 4 amide bonds. The van der Waals surface area contributed by atoms with Crippen LogP contribution in [-0.4, -0.2) is 129 Å². The molecule has 1 saturated heterocycles. The Morgan fingerprint density at radius 1 is 0.927 bits per heavy atom. The van der Waals surface area contributed by atoms with Gasteiger partial charge in [0.05, 0.1) is 5.41 Å². The van der Waals surface area contributed by atoms with Crippen molar-refractivity contribution in [2.24, 2.45) is 5.41 Å². The molecule has 1 aromatic rings. The largest absolute Gasteiger partial charge is 0.479 e. The minimum Gasteiger partial charge on any atom is -0.479 e. The van der Waals surface area contributed by atoms with Crippen LogP contribution in [0.25, 0.3) is 0 Å². The highest BCUT2D eigenvalue weighted by Gasteiger charge is 2.48. The summed E-state index contributed by atoms with van der Waals surface area (Å²) in [6.45, 7) is 5.14. The van der Waals surface area contributed by atoms with Crippen molar-refractivity contribution in [3.05, 3.63) is 41.5 Å². The molecule has 306 valence electrons. The van der Waals surface area contributed by atoms with Gasteiger partial charge in [0.2, 0.25) is 18.1 Å². The monoisotopic (exact) mass is 799 g/mol. The Kier molecular flexibility index (Phi) is 16.3. The number of esters is 1. The number of carboxylic acids is 1. The van der Waals surface area contributed by atoms with Crippen LogP contribution in [0, 0.1) is 5.41 Å². The number of hydrogen-bond donors (Lipinski definition) is 7. The number of aliphatic carboxylic acids is 1. The topological polar surface area (TPSA) is 293 Å². The number of amides is 4. The van der Waals surface area contributed by atoms with Gasteiger partial charge in [0.25, 0.3) is 21.9 Å². The number of rotatable bonds is 20. The fraction of sp³-hybridized carbons (Fsp3) is 0.600. The lowest BCUT2D eigenvalue weighted by Gasteiger charge is -2.38. The molecular formula is C35H49N3O16S. The van der Waals surface area contributed by atoms with Crippen LogP contribution in [-0.2, 0) is 61.4 Å². The first-order chi connectivity index (χ1) is 25.7. The van der Waals surface area contributed by atoms with Crippen LogP contribution in [0.3, 0.4) is 0 Å². The molecule has 0 aliphatic carbocycles. The third-order valence-corrected chi connectivity index (χ3v) is 9.36. The smallest absolute Gasteiger partial charge is 0.335 e. The second-order valence-corrected chi connectivity index (χ2v) is 15.7. The minimum absolute atomic E-state index is 0.0307. The maximum absolute atomic E-state index is 12.9. The van der Waals surface area contributed by atoms with Crippen molar-refractivity contribution < 1.29 is 76.4 Å². The molecule has 0 spiro atoms. The summed E-state index contributed by atoms with van der Waals surface area (Å²) in [6, 6.07) is 2.97. The molecule has 6 atom stereocenters. The molecule has 0 bridgehead atoms. The van der Waals surface area contributed by atoms with Crippen molar-refractivity contribution in [3.8, 4) is 5.75 Å². The highest BCUT2D eigenvalue weighted by atomic mass is 32.2. The van der Waals surface area contributed by atoms with Gasteiger partial charge >= 0.3 is 11.9 Å². The van der Waals surface area contributed by atoms with Crippen molar-refractivity contribution in [1.29, 1.82) is 0 Å². The highest BCUT2D eigenvalue weighted by molar-refractivity contribution is 7.85. The summed E-state index contributed by atoms with van der Waals surface area (Å²) < 4.78 is 49.0. The number of carbonyl (C=O) groups is 6. The van der Waals surface area contributed by atoms with Gasteiger partial charge in [0.1, 0.15) is 42.5 Å². The number of aryl methyl sites for hydroxylation is 1. The highest BCUT2D eigenvalue weighted by Crippen LogP contribution is 2.28. The first kappa shape index (κ1) is 44.9. The summed E-state index contributed by atoms with van der Waals surface area (Å²) >= 11 is 0. The van der Waals surface area contributed by atoms with Crippen molar-refractivity contribution in [3.63, 3.8) is 0 Å². The van der Waals surface area contributed by atoms with Gasteiger partial charge in [0, 0.05) is 31.7 Å². The number of aliphatic hydroxyl groups is 3. The summed E-state index contributed by atoms with van der Waals surface area (Å²) in [5, 5.41) is 44.7. The number of nitrogens with one attached hydrogen (secondary N) is 2. The normalized spacial score (nSPS) is 21.9. The first-order valence-electron chi connectivity index (χ1n) is 17.6. The molecular weight excluding hydrogens is 750 g/mol. The van der Waals surface area contributed by atoms with E-state index in [9.17, 15) is 62.2 Å². The summed E-state index contributed by atoms with van der Waals surface area (Å²) in [5.74, 6) is -5.36. The summed E-state index contributed by atoms with van der Waals surface area (Å²) in [4.78, 5) is 73.7. The number of imide groups is 1. The third-order valence-electron chi connectivity index (χ3n) is 8.60. The summed E-state index contributed by atoms with van der Waals surface area (Å²) in [7, 11) is -4.67. The fourth-order valence-electron chi connectivity index (χ4n) is 5.51. The number of unbranched alkanes of at least 4 members (excludes halogenated alkanes) is 3. The van der Waals surface area contributed by atoms with E-state index in [0.29, 0.717) is 49.7 Å². The molecule has 20 heteroatoms. The van der Waals surface area contributed by atoms with Gasteiger partial charge in [-0.05, 0) is 76.1 Å². The van der Waals surface area contributed by atoms with Gasteiger partial charge in [0.15, 0.2) is 6.10 Å². The Morgan fingerprint density at radius 2 is 1.60 bits per heavy atom. The van der Waals surface area contributed by atoms with E-state index < -0.39 is 93.6 Å². The molecule has 2 aliphatic rings. The van der Waals surface area contributed by atoms with E-state index in [1.807, 2.05) is 0 Å². The van der Waals surface area contributed by atoms with Crippen LogP contribution in [0.15, 0.2) is 30.4 Å².